The van der Waals surface area contributed by atoms with Crippen molar-refractivity contribution in [3.63, 3.8) is 0 Å². The summed E-state index contributed by atoms with van der Waals surface area (Å²) in [5, 5.41) is 9.51. The predicted molar refractivity (Wildman–Crippen MR) is 70.4 cm³/mol. The number of carbonyl (C=O) groups is 1. The Hall–Kier alpha value is -2.12. The van der Waals surface area contributed by atoms with Gasteiger partial charge in [-0.05, 0) is 12.1 Å². The highest BCUT2D eigenvalue weighted by molar-refractivity contribution is 8.00. The molecule has 18 heavy (non-hydrogen) atoms. The van der Waals surface area contributed by atoms with E-state index < -0.39 is 0 Å². The van der Waals surface area contributed by atoms with E-state index in [4.69, 9.17) is 5.26 Å². The molecule has 0 spiro atoms. The fraction of sp³-hybridized carbons (Fsp3) is 0.0714. The molecule has 0 aliphatic heterocycles. The molecule has 2 aromatic rings. The number of nitriles is 1. The van der Waals surface area contributed by atoms with Crippen LogP contribution in [0.5, 0.6) is 0 Å². The predicted octanol–water partition coefficient (Wildman–Crippen LogP) is 2.93. The van der Waals surface area contributed by atoms with Crippen LogP contribution in [-0.2, 0) is 0 Å². The number of thioether (sulfide) groups is 1. The van der Waals surface area contributed by atoms with E-state index in [0.29, 0.717) is 16.2 Å². The van der Waals surface area contributed by atoms with Crippen molar-refractivity contribution in [3.8, 4) is 6.07 Å². The van der Waals surface area contributed by atoms with Gasteiger partial charge in [-0.3, -0.25) is 4.79 Å². The Morgan fingerprint density at radius 2 is 2.00 bits per heavy atom. The number of ketones is 1. The summed E-state index contributed by atoms with van der Waals surface area (Å²) >= 11 is 1.29. The summed E-state index contributed by atoms with van der Waals surface area (Å²) in [6, 6.07) is 14.6. The molecule has 1 aromatic heterocycles. The zero-order valence-electron chi connectivity index (χ0n) is 9.54. The molecule has 0 saturated carbocycles. The standard InChI is InChI=1S/C14H10N2OS/c15-9-12-7-4-8-16-14(12)18-10-13(17)11-5-2-1-3-6-11/h1-8H,10H2. The molecule has 1 heterocycles. The Bertz CT molecular complexity index is 590. The monoisotopic (exact) mass is 254 g/mol. The molecule has 88 valence electrons. The van der Waals surface area contributed by atoms with E-state index in [0.717, 1.165) is 0 Å². The van der Waals surface area contributed by atoms with Crippen LogP contribution in [0.4, 0.5) is 0 Å². The fourth-order valence-corrected chi connectivity index (χ4v) is 2.27. The van der Waals surface area contributed by atoms with Crippen molar-refractivity contribution in [1.29, 1.82) is 5.26 Å². The zero-order valence-corrected chi connectivity index (χ0v) is 10.4. The molecular weight excluding hydrogens is 244 g/mol. The highest BCUT2D eigenvalue weighted by atomic mass is 32.2. The molecular formula is C14H10N2OS. The second kappa shape index (κ2) is 5.99. The molecule has 0 fully saturated rings. The normalized spacial score (nSPS) is 9.72. The Labute approximate surface area is 109 Å². The van der Waals surface area contributed by atoms with Gasteiger partial charge in [0.05, 0.1) is 11.3 Å². The maximum Gasteiger partial charge on any atom is 0.173 e. The van der Waals surface area contributed by atoms with Gasteiger partial charge in [0.1, 0.15) is 11.1 Å². The fourth-order valence-electron chi connectivity index (χ4n) is 1.43. The first-order chi connectivity index (χ1) is 8.81. The lowest BCUT2D eigenvalue weighted by Crippen LogP contribution is -2.02. The molecule has 0 bridgehead atoms. The van der Waals surface area contributed by atoms with Gasteiger partial charge in [0.25, 0.3) is 0 Å². The molecule has 0 radical (unpaired) electrons. The topological polar surface area (TPSA) is 53.8 Å². The first kappa shape index (κ1) is 12.3. The average molecular weight is 254 g/mol. The van der Waals surface area contributed by atoms with Crippen molar-refractivity contribution >= 4 is 17.5 Å². The van der Waals surface area contributed by atoms with Crippen LogP contribution < -0.4 is 0 Å². The molecule has 0 aliphatic carbocycles. The molecule has 0 unspecified atom stereocenters. The van der Waals surface area contributed by atoms with Crippen molar-refractivity contribution in [1.82, 2.24) is 4.98 Å². The average Bonchev–Trinajstić information content (AvgIpc) is 2.46. The SMILES string of the molecule is N#Cc1cccnc1SCC(=O)c1ccccc1. The summed E-state index contributed by atoms with van der Waals surface area (Å²) in [7, 11) is 0. The molecule has 1 aromatic carbocycles. The van der Waals surface area contributed by atoms with Crippen LogP contribution in [0.15, 0.2) is 53.7 Å². The lowest BCUT2D eigenvalue weighted by atomic mass is 10.2. The third-order valence-corrected chi connectivity index (χ3v) is 3.33. The summed E-state index contributed by atoms with van der Waals surface area (Å²) in [6.07, 6.45) is 1.62. The maximum absolute atomic E-state index is 11.9. The first-order valence-corrected chi connectivity index (χ1v) is 6.36. The van der Waals surface area contributed by atoms with Gasteiger partial charge < -0.3 is 0 Å². The third-order valence-electron chi connectivity index (χ3n) is 2.33. The molecule has 0 aliphatic rings. The summed E-state index contributed by atoms with van der Waals surface area (Å²) in [4.78, 5) is 16.0. The highest BCUT2D eigenvalue weighted by Crippen LogP contribution is 2.20. The number of nitrogens with zero attached hydrogens (tertiary/aromatic N) is 2. The number of rotatable bonds is 4. The minimum Gasteiger partial charge on any atom is -0.293 e. The van der Waals surface area contributed by atoms with Crippen LogP contribution in [0.25, 0.3) is 0 Å². The van der Waals surface area contributed by atoms with Crippen molar-refractivity contribution in [2.75, 3.05) is 5.75 Å². The molecule has 0 atom stereocenters. The van der Waals surface area contributed by atoms with E-state index in [9.17, 15) is 4.79 Å². The summed E-state index contributed by atoms with van der Waals surface area (Å²) in [5.74, 6) is 0.325. The van der Waals surface area contributed by atoms with Crippen molar-refractivity contribution < 1.29 is 4.79 Å². The summed E-state index contributed by atoms with van der Waals surface area (Å²) in [6.45, 7) is 0. The van der Waals surface area contributed by atoms with E-state index in [1.54, 1.807) is 30.5 Å². The number of pyridine rings is 1. The molecule has 0 N–H and O–H groups in total. The van der Waals surface area contributed by atoms with E-state index in [1.165, 1.54) is 11.8 Å². The van der Waals surface area contributed by atoms with Crippen molar-refractivity contribution in [2.24, 2.45) is 0 Å². The molecule has 2 rings (SSSR count). The summed E-state index contributed by atoms with van der Waals surface area (Å²) in [5.41, 5.74) is 1.18. The second-order valence-electron chi connectivity index (χ2n) is 3.55. The smallest absolute Gasteiger partial charge is 0.173 e. The van der Waals surface area contributed by atoms with Gasteiger partial charge in [-0.2, -0.15) is 5.26 Å². The van der Waals surface area contributed by atoms with E-state index >= 15 is 0 Å². The van der Waals surface area contributed by atoms with Crippen LogP contribution in [0.2, 0.25) is 0 Å². The van der Waals surface area contributed by atoms with Crippen molar-refractivity contribution in [2.45, 2.75) is 5.03 Å². The third kappa shape index (κ3) is 2.96. The largest absolute Gasteiger partial charge is 0.293 e. The Balaban J connectivity index is 2.05. The Kier molecular flexibility index (Phi) is 4.11. The van der Waals surface area contributed by atoms with Gasteiger partial charge in [-0.1, -0.05) is 42.1 Å². The second-order valence-corrected chi connectivity index (χ2v) is 4.51. The van der Waals surface area contributed by atoms with Crippen LogP contribution in [0.3, 0.4) is 0 Å². The van der Waals surface area contributed by atoms with Gasteiger partial charge >= 0.3 is 0 Å². The maximum atomic E-state index is 11.9. The van der Waals surface area contributed by atoms with Crippen LogP contribution >= 0.6 is 11.8 Å². The van der Waals surface area contributed by atoms with E-state index in [-0.39, 0.29) is 11.5 Å². The van der Waals surface area contributed by atoms with Gasteiger partial charge in [-0.25, -0.2) is 4.98 Å². The Morgan fingerprint density at radius 3 is 2.72 bits per heavy atom. The van der Waals surface area contributed by atoms with E-state index in [2.05, 4.69) is 11.1 Å². The van der Waals surface area contributed by atoms with Gasteiger partial charge in [0.2, 0.25) is 0 Å². The highest BCUT2D eigenvalue weighted by Gasteiger charge is 2.09. The number of benzene rings is 1. The minimum absolute atomic E-state index is 0.0372. The van der Waals surface area contributed by atoms with E-state index in [1.807, 2.05) is 18.2 Å². The van der Waals surface area contributed by atoms with Crippen LogP contribution in [0.1, 0.15) is 15.9 Å². The molecule has 0 saturated heterocycles. The summed E-state index contributed by atoms with van der Waals surface area (Å²) < 4.78 is 0. The quantitative estimate of drug-likeness (QED) is 0.622. The zero-order chi connectivity index (χ0) is 12.8. The lowest BCUT2D eigenvalue weighted by Gasteiger charge is -2.02. The van der Waals surface area contributed by atoms with Gasteiger partial charge in [0, 0.05) is 11.8 Å². The molecule has 4 heteroatoms. The lowest BCUT2D eigenvalue weighted by molar-refractivity contribution is 0.102. The van der Waals surface area contributed by atoms with Gasteiger partial charge in [0.15, 0.2) is 5.78 Å². The van der Waals surface area contributed by atoms with Crippen LogP contribution in [-0.4, -0.2) is 16.5 Å². The number of Topliss-reactive ketones (excluding diaryl/α,β-unsaturated/α-hetero) is 1. The van der Waals surface area contributed by atoms with Gasteiger partial charge in [-0.15, -0.1) is 0 Å². The Morgan fingerprint density at radius 1 is 1.22 bits per heavy atom. The molecule has 0 amide bonds. The number of hydrogen-bond acceptors (Lipinski definition) is 4. The number of hydrogen-bond donors (Lipinski definition) is 0. The molecule has 3 nitrogen and oxygen atoms in total. The van der Waals surface area contributed by atoms with Crippen molar-refractivity contribution in [3.05, 3.63) is 59.8 Å². The first-order valence-electron chi connectivity index (χ1n) is 5.37. The minimum atomic E-state index is 0.0372. The number of carbonyl (C=O) groups excluding carboxylic acids is 1. The van der Waals surface area contributed by atoms with Crippen LogP contribution in [0, 0.1) is 11.3 Å². The number of aromatic nitrogens is 1.